The average Bonchev–Trinajstić information content (AvgIpc) is 2.20. The van der Waals surface area contributed by atoms with Gasteiger partial charge in [-0.2, -0.15) is 10.5 Å². The maximum atomic E-state index is 8.74. The smallest absolute Gasteiger partial charge is 0.132 e. The average molecular weight is 186 g/mol. The molecule has 0 radical (unpaired) electrons. The van der Waals surface area contributed by atoms with Crippen molar-refractivity contribution in [1.82, 2.24) is 0 Å². The van der Waals surface area contributed by atoms with Crippen LogP contribution in [0.2, 0.25) is 0 Å². The fraction of sp³-hybridized carbons (Fsp3) is 0.500. The topological polar surface area (TPSA) is 47.6 Å². The SMILES string of the molecule is CC(C)C1=CC(=C(C#N)C#N)CCC1. The van der Waals surface area contributed by atoms with E-state index in [4.69, 9.17) is 10.5 Å². The lowest BCUT2D eigenvalue weighted by atomic mass is 9.87. The van der Waals surface area contributed by atoms with Crippen molar-refractivity contribution in [2.45, 2.75) is 33.1 Å². The van der Waals surface area contributed by atoms with Gasteiger partial charge in [0, 0.05) is 0 Å². The van der Waals surface area contributed by atoms with E-state index in [2.05, 4.69) is 13.8 Å². The second kappa shape index (κ2) is 4.63. The number of rotatable bonds is 1. The van der Waals surface area contributed by atoms with Gasteiger partial charge in [-0.05, 0) is 30.8 Å². The van der Waals surface area contributed by atoms with Crippen LogP contribution in [0.1, 0.15) is 33.1 Å². The molecule has 0 saturated carbocycles. The van der Waals surface area contributed by atoms with Gasteiger partial charge in [0.25, 0.3) is 0 Å². The molecule has 0 N–H and O–H groups in total. The highest BCUT2D eigenvalue weighted by molar-refractivity contribution is 5.46. The number of nitrogens with zero attached hydrogens (tertiary/aromatic N) is 2. The highest BCUT2D eigenvalue weighted by Gasteiger charge is 2.13. The molecule has 0 aromatic carbocycles. The molecule has 0 unspecified atom stereocenters. The molecular formula is C12H14N2. The molecule has 0 saturated heterocycles. The van der Waals surface area contributed by atoms with Crippen LogP contribution in [0.25, 0.3) is 0 Å². The Balaban J connectivity index is 3.06. The summed E-state index contributed by atoms with van der Waals surface area (Å²) < 4.78 is 0. The minimum absolute atomic E-state index is 0.280. The van der Waals surface area contributed by atoms with E-state index in [0.29, 0.717) is 5.92 Å². The van der Waals surface area contributed by atoms with Gasteiger partial charge in [0.15, 0.2) is 0 Å². The lowest BCUT2D eigenvalue weighted by Gasteiger charge is -2.17. The highest BCUT2D eigenvalue weighted by atomic mass is 14.3. The first kappa shape index (κ1) is 10.5. The van der Waals surface area contributed by atoms with Crippen molar-refractivity contribution in [3.05, 3.63) is 22.8 Å². The third-order valence-electron chi connectivity index (χ3n) is 2.56. The molecule has 1 rings (SSSR count). The molecular weight excluding hydrogens is 172 g/mol. The first-order valence-electron chi connectivity index (χ1n) is 4.93. The highest BCUT2D eigenvalue weighted by Crippen LogP contribution is 2.28. The summed E-state index contributed by atoms with van der Waals surface area (Å²) in [4.78, 5) is 0. The number of nitriles is 2. The van der Waals surface area contributed by atoms with Gasteiger partial charge in [-0.3, -0.25) is 0 Å². The minimum Gasteiger partial charge on any atom is -0.192 e. The molecule has 2 nitrogen and oxygen atoms in total. The van der Waals surface area contributed by atoms with Crippen molar-refractivity contribution in [3.8, 4) is 12.1 Å². The van der Waals surface area contributed by atoms with Gasteiger partial charge in [0.2, 0.25) is 0 Å². The molecule has 0 spiro atoms. The van der Waals surface area contributed by atoms with Gasteiger partial charge in [-0.1, -0.05) is 25.5 Å². The molecule has 0 heterocycles. The van der Waals surface area contributed by atoms with Gasteiger partial charge in [0.05, 0.1) is 0 Å². The molecule has 72 valence electrons. The third-order valence-corrected chi connectivity index (χ3v) is 2.56. The summed E-state index contributed by atoms with van der Waals surface area (Å²) in [5, 5.41) is 17.5. The minimum atomic E-state index is 0.280. The predicted molar refractivity (Wildman–Crippen MR) is 55.0 cm³/mol. The quantitative estimate of drug-likeness (QED) is 0.591. The van der Waals surface area contributed by atoms with E-state index in [1.165, 1.54) is 5.57 Å². The molecule has 0 aromatic heterocycles. The second-order valence-corrected chi connectivity index (χ2v) is 3.85. The van der Waals surface area contributed by atoms with Crippen molar-refractivity contribution in [2.75, 3.05) is 0 Å². The van der Waals surface area contributed by atoms with Crippen molar-refractivity contribution in [1.29, 1.82) is 10.5 Å². The third kappa shape index (κ3) is 2.24. The largest absolute Gasteiger partial charge is 0.192 e. The number of hydrogen-bond donors (Lipinski definition) is 0. The van der Waals surface area contributed by atoms with E-state index in [1.54, 1.807) is 0 Å². The Labute approximate surface area is 85.2 Å². The summed E-state index contributed by atoms with van der Waals surface area (Å²) in [6.07, 6.45) is 5.07. The monoisotopic (exact) mass is 186 g/mol. The van der Waals surface area contributed by atoms with Crippen LogP contribution in [0.15, 0.2) is 22.8 Å². The van der Waals surface area contributed by atoms with E-state index in [9.17, 15) is 0 Å². The molecule has 14 heavy (non-hydrogen) atoms. The Kier molecular flexibility index (Phi) is 3.48. The summed E-state index contributed by atoms with van der Waals surface area (Å²) in [5.74, 6) is 0.518. The van der Waals surface area contributed by atoms with E-state index in [0.717, 1.165) is 24.8 Å². The first-order valence-corrected chi connectivity index (χ1v) is 4.93. The van der Waals surface area contributed by atoms with Crippen LogP contribution in [0.3, 0.4) is 0 Å². The normalized spacial score (nSPS) is 15.8. The fourth-order valence-corrected chi connectivity index (χ4v) is 1.67. The van der Waals surface area contributed by atoms with Crippen molar-refractivity contribution in [2.24, 2.45) is 5.92 Å². The van der Waals surface area contributed by atoms with E-state index >= 15 is 0 Å². The Hall–Kier alpha value is -1.54. The zero-order valence-electron chi connectivity index (χ0n) is 8.67. The number of allylic oxidation sites excluding steroid dienone is 4. The molecule has 0 atom stereocenters. The van der Waals surface area contributed by atoms with Crippen LogP contribution in [0.5, 0.6) is 0 Å². The Morgan fingerprint density at radius 1 is 1.29 bits per heavy atom. The zero-order valence-corrected chi connectivity index (χ0v) is 8.67. The van der Waals surface area contributed by atoms with Crippen LogP contribution in [0.4, 0.5) is 0 Å². The van der Waals surface area contributed by atoms with Crippen LogP contribution < -0.4 is 0 Å². The van der Waals surface area contributed by atoms with Gasteiger partial charge < -0.3 is 0 Å². The zero-order chi connectivity index (χ0) is 10.6. The maximum absolute atomic E-state index is 8.74. The van der Waals surface area contributed by atoms with Crippen LogP contribution in [-0.2, 0) is 0 Å². The van der Waals surface area contributed by atoms with Gasteiger partial charge in [-0.15, -0.1) is 0 Å². The molecule has 0 aliphatic heterocycles. The molecule has 0 fully saturated rings. The van der Waals surface area contributed by atoms with E-state index in [1.807, 2.05) is 18.2 Å². The fourth-order valence-electron chi connectivity index (χ4n) is 1.67. The van der Waals surface area contributed by atoms with Crippen molar-refractivity contribution in [3.63, 3.8) is 0 Å². The maximum Gasteiger partial charge on any atom is 0.132 e. The summed E-state index contributed by atoms with van der Waals surface area (Å²) in [6.45, 7) is 4.29. The molecule has 0 aromatic rings. The predicted octanol–water partition coefficient (Wildman–Crippen LogP) is 3.10. The standard InChI is InChI=1S/C12H14N2/c1-9(2)10-4-3-5-11(6-10)12(7-13)8-14/h6,9H,3-5H2,1-2H3. The van der Waals surface area contributed by atoms with E-state index < -0.39 is 0 Å². The van der Waals surface area contributed by atoms with E-state index in [-0.39, 0.29) is 5.57 Å². The van der Waals surface area contributed by atoms with Crippen molar-refractivity contribution < 1.29 is 0 Å². The molecule has 1 aliphatic rings. The molecule has 2 heteroatoms. The summed E-state index contributed by atoms with van der Waals surface area (Å²) in [6, 6.07) is 3.91. The van der Waals surface area contributed by atoms with Crippen LogP contribution in [0, 0.1) is 28.6 Å². The summed E-state index contributed by atoms with van der Waals surface area (Å²) in [5.41, 5.74) is 2.56. The summed E-state index contributed by atoms with van der Waals surface area (Å²) in [7, 11) is 0. The molecule has 1 aliphatic carbocycles. The van der Waals surface area contributed by atoms with Crippen LogP contribution in [-0.4, -0.2) is 0 Å². The van der Waals surface area contributed by atoms with Gasteiger partial charge in [-0.25, -0.2) is 0 Å². The first-order chi connectivity index (χ1) is 6.69. The second-order valence-electron chi connectivity index (χ2n) is 3.85. The molecule has 0 bridgehead atoms. The van der Waals surface area contributed by atoms with Crippen molar-refractivity contribution >= 4 is 0 Å². The Bertz CT molecular complexity index is 343. The molecule has 0 amide bonds. The Morgan fingerprint density at radius 3 is 2.43 bits per heavy atom. The van der Waals surface area contributed by atoms with Gasteiger partial charge >= 0.3 is 0 Å². The lowest BCUT2D eigenvalue weighted by molar-refractivity contribution is 0.660. The number of hydrogen-bond acceptors (Lipinski definition) is 2. The summed E-state index contributed by atoms with van der Waals surface area (Å²) >= 11 is 0. The van der Waals surface area contributed by atoms with Crippen LogP contribution >= 0.6 is 0 Å². The van der Waals surface area contributed by atoms with Gasteiger partial charge in [0.1, 0.15) is 17.7 Å². The Morgan fingerprint density at radius 2 is 1.93 bits per heavy atom. The lowest BCUT2D eigenvalue weighted by Crippen LogP contribution is -2.02.